The third kappa shape index (κ3) is 4.19. The Kier molecular flexibility index (Phi) is 5.69. The molecule has 0 radical (unpaired) electrons. The van der Waals surface area contributed by atoms with Crippen LogP contribution < -0.4 is 15.6 Å². The van der Waals surface area contributed by atoms with Gasteiger partial charge in [0.1, 0.15) is 6.61 Å². The Bertz CT molecular complexity index is 388. The van der Waals surface area contributed by atoms with Gasteiger partial charge >= 0.3 is 5.56 Å². The number of aromatic nitrogens is 2. The van der Waals surface area contributed by atoms with Crippen molar-refractivity contribution in [2.24, 2.45) is 0 Å². The molecule has 1 aromatic rings. The lowest BCUT2D eigenvalue weighted by Crippen LogP contribution is -2.27. The van der Waals surface area contributed by atoms with Gasteiger partial charge in [0.25, 0.3) is 5.88 Å². The van der Waals surface area contributed by atoms with E-state index in [1.54, 1.807) is 17.0 Å². The van der Waals surface area contributed by atoms with Gasteiger partial charge in [-0.05, 0) is 26.8 Å². The summed E-state index contributed by atoms with van der Waals surface area (Å²) in [5.74, 6) is 0.180. The Hall–Kier alpha value is -1.36. The van der Waals surface area contributed by atoms with Crippen molar-refractivity contribution in [1.29, 1.82) is 0 Å². The summed E-state index contributed by atoms with van der Waals surface area (Å²) >= 11 is 0. The maximum absolute atomic E-state index is 11.9. The molecular formula is C12H21N3O2. The lowest BCUT2D eigenvalue weighted by atomic mass is 10.4. The highest BCUT2D eigenvalue weighted by Gasteiger charge is 2.07. The molecule has 96 valence electrons. The Morgan fingerprint density at radius 2 is 2.24 bits per heavy atom. The van der Waals surface area contributed by atoms with E-state index in [0.717, 1.165) is 19.5 Å². The highest BCUT2D eigenvalue weighted by atomic mass is 16.5. The zero-order valence-corrected chi connectivity index (χ0v) is 10.8. The van der Waals surface area contributed by atoms with Gasteiger partial charge in [0, 0.05) is 25.0 Å². The Labute approximate surface area is 102 Å². The normalized spacial score (nSPS) is 10.8. The number of ether oxygens (including phenoxy) is 1. The zero-order valence-electron chi connectivity index (χ0n) is 10.8. The number of nitrogens with one attached hydrogen (secondary N) is 1. The van der Waals surface area contributed by atoms with Crippen LogP contribution in [0.4, 0.5) is 0 Å². The molecule has 0 bridgehead atoms. The summed E-state index contributed by atoms with van der Waals surface area (Å²) in [6.45, 7) is 8.16. The van der Waals surface area contributed by atoms with Crippen LogP contribution in [0.15, 0.2) is 17.2 Å². The molecule has 1 heterocycles. The molecule has 0 spiro atoms. The largest absolute Gasteiger partial charge is 0.472 e. The molecule has 1 aromatic heterocycles. The van der Waals surface area contributed by atoms with Crippen molar-refractivity contribution in [3.05, 3.63) is 22.7 Å². The molecular weight excluding hydrogens is 218 g/mol. The fraction of sp³-hybridized carbons (Fsp3) is 0.667. The van der Waals surface area contributed by atoms with Crippen LogP contribution >= 0.6 is 0 Å². The van der Waals surface area contributed by atoms with E-state index in [4.69, 9.17) is 4.74 Å². The monoisotopic (exact) mass is 239 g/mol. The first-order chi connectivity index (χ1) is 8.16. The maximum atomic E-state index is 11.9. The van der Waals surface area contributed by atoms with Crippen LogP contribution in [0.25, 0.3) is 0 Å². The molecule has 0 aliphatic heterocycles. The third-order valence-electron chi connectivity index (χ3n) is 2.34. The van der Waals surface area contributed by atoms with E-state index in [2.05, 4.69) is 17.2 Å². The summed E-state index contributed by atoms with van der Waals surface area (Å²) in [6.07, 6.45) is 4.36. The third-order valence-corrected chi connectivity index (χ3v) is 2.34. The quantitative estimate of drug-likeness (QED) is 0.726. The van der Waals surface area contributed by atoms with Gasteiger partial charge in [-0.15, -0.1) is 0 Å². The predicted molar refractivity (Wildman–Crippen MR) is 67.5 cm³/mol. The van der Waals surface area contributed by atoms with Gasteiger partial charge in [0.2, 0.25) is 0 Å². The average Bonchev–Trinajstić information content (AvgIpc) is 2.30. The molecule has 0 aliphatic carbocycles. The lowest BCUT2D eigenvalue weighted by Gasteiger charge is -2.11. The lowest BCUT2D eigenvalue weighted by molar-refractivity contribution is 0.293. The predicted octanol–water partition coefficient (Wildman–Crippen LogP) is 1.20. The standard InChI is InChI=1S/C12H21N3O2/c1-4-5-13-7-9-17-11-12(16)15(10(2)3)8-6-14-11/h6,8,10,13H,4-5,7,9H2,1-3H3. The summed E-state index contributed by atoms with van der Waals surface area (Å²) in [4.78, 5) is 15.8. The molecule has 0 aromatic carbocycles. The topological polar surface area (TPSA) is 56.1 Å². The second kappa shape index (κ2) is 7.06. The molecule has 1 N–H and O–H groups in total. The molecule has 5 heteroatoms. The second-order valence-corrected chi connectivity index (χ2v) is 4.14. The SMILES string of the molecule is CCCNCCOc1nccn(C(C)C)c1=O. The van der Waals surface area contributed by atoms with E-state index in [1.807, 2.05) is 13.8 Å². The molecule has 17 heavy (non-hydrogen) atoms. The smallest absolute Gasteiger partial charge is 0.313 e. The van der Waals surface area contributed by atoms with Crippen LogP contribution in [0.1, 0.15) is 33.2 Å². The molecule has 1 rings (SSSR count). The minimum atomic E-state index is -0.169. The van der Waals surface area contributed by atoms with Crippen LogP contribution in [0.3, 0.4) is 0 Å². The first-order valence-corrected chi connectivity index (χ1v) is 6.07. The van der Waals surface area contributed by atoms with Crippen LogP contribution in [0, 0.1) is 0 Å². The minimum absolute atomic E-state index is 0.117. The van der Waals surface area contributed by atoms with E-state index in [-0.39, 0.29) is 17.5 Å². The molecule has 0 unspecified atom stereocenters. The van der Waals surface area contributed by atoms with E-state index in [9.17, 15) is 4.79 Å². The van der Waals surface area contributed by atoms with E-state index in [1.165, 1.54) is 0 Å². The first kappa shape index (κ1) is 13.7. The van der Waals surface area contributed by atoms with E-state index >= 15 is 0 Å². The summed E-state index contributed by atoms with van der Waals surface area (Å²) in [5, 5.41) is 3.20. The van der Waals surface area contributed by atoms with Gasteiger partial charge in [-0.25, -0.2) is 4.98 Å². The minimum Gasteiger partial charge on any atom is -0.472 e. The number of hydrogen-bond donors (Lipinski definition) is 1. The van der Waals surface area contributed by atoms with Crippen molar-refractivity contribution in [1.82, 2.24) is 14.9 Å². The van der Waals surface area contributed by atoms with Crippen LogP contribution in [0.5, 0.6) is 5.88 Å². The zero-order chi connectivity index (χ0) is 12.7. The van der Waals surface area contributed by atoms with Crippen LogP contribution in [-0.2, 0) is 0 Å². The summed E-state index contributed by atoms with van der Waals surface area (Å²) in [7, 11) is 0. The highest BCUT2D eigenvalue weighted by Crippen LogP contribution is 2.02. The number of rotatable bonds is 7. The van der Waals surface area contributed by atoms with Crippen molar-refractivity contribution in [2.45, 2.75) is 33.2 Å². The molecule has 0 atom stereocenters. The van der Waals surface area contributed by atoms with E-state index < -0.39 is 0 Å². The second-order valence-electron chi connectivity index (χ2n) is 4.14. The highest BCUT2D eigenvalue weighted by molar-refractivity contribution is 5.05. The summed E-state index contributed by atoms with van der Waals surface area (Å²) < 4.78 is 6.98. The molecule has 5 nitrogen and oxygen atoms in total. The van der Waals surface area contributed by atoms with E-state index in [0.29, 0.717) is 6.61 Å². The Morgan fingerprint density at radius 3 is 2.88 bits per heavy atom. The summed E-state index contributed by atoms with van der Waals surface area (Å²) in [5.41, 5.74) is -0.169. The van der Waals surface area contributed by atoms with Crippen molar-refractivity contribution in [2.75, 3.05) is 19.7 Å². The van der Waals surface area contributed by atoms with Crippen LogP contribution in [-0.4, -0.2) is 29.2 Å². The van der Waals surface area contributed by atoms with Gasteiger partial charge < -0.3 is 14.6 Å². The molecule has 0 saturated heterocycles. The van der Waals surface area contributed by atoms with Gasteiger partial charge in [0.15, 0.2) is 0 Å². The van der Waals surface area contributed by atoms with Crippen molar-refractivity contribution in [3.8, 4) is 5.88 Å². The van der Waals surface area contributed by atoms with Crippen molar-refractivity contribution >= 4 is 0 Å². The Morgan fingerprint density at radius 1 is 1.47 bits per heavy atom. The van der Waals surface area contributed by atoms with Gasteiger partial charge in [-0.3, -0.25) is 4.79 Å². The number of nitrogens with zero attached hydrogens (tertiary/aromatic N) is 2. The van der Waals surface area contributed by atoms with Gasteiger partial charge in [0.05, 0.1) is 0 Å². The fourth-order valence-corrected chi connectivity index (χ4v) is 1.43. The fourth-order valence-electron chi connectivity index (χ4n) is 1.43. The first-order valence-electron chi connectivity index (χ1n) is 6.07. The molecule has 0 saturated carbocycles. The van der Waals surface area contributed by atoms with Gasteiger partial charge in [-0.1, -0.05) is 6.92 Å². The van der Waals surface area contributed by atoms with Crippen molar-refractivity contribution < 1.29 is 4.74 Å². The molecule has 0 amide bonds. The Balaban J connectivity index is 2.54. The maximum Gasteiger partial charge on any atom is 0.313 e. The molecule has 0 aliphatic rings. The number of hydrogen-bond acceptors (Lipinski definition) is 4. The average molecular weight is 239 g/mol. The summed E-state index contributed by atoms with van der Waals surface area (Å²) in [6, 6.07) is 0.117. The molecule has 0 fully saturated rings. The van der Waals surface area contributed by atoms with Crippen LogP contribution in [0.2, 0.25) is 0 Å². The van der Waals surface area contributed by atoms with Crippen molar-refractivity contribution in [3.63, 3.8) is 0 Å². The van der Waals surface area contributed by atoms with Gasteiger partial charge in [-0.2, -0.15) is 0 Å².